The molecular weight excluding hydrogens is 381 g/mol. The molecule has 5 atom stereocenters. The van der Waals surface area contributed by atoms with Crippen LogP contribution in [0.3, 0.4) is 0 Å². The highest BCUT2D eigenvalue weighted by Gasteiger charge is 2.71. The first-order valence-electron chi connectivity index (χ1n) is 8.37. The molecule has 1 aromatic rings. The van der Waals surface area contributed by atoms with E-state index in [0.717, 1.165) is 12.1 Å². The number of aliphatic carboxylic acids is 1. The summed E-state index contributed by atoms with van der Waals surface area (Å²) in [6.07, 6.45) is -5.87. The van der Waals surface area contributed by atoms with Gasteiger partial charge in [0.15, 0.2) is 0 Å². The average Bonchev–Trinajstić information content (AvgIpc) is 2.95. The lowest BCUT2D eigenvalue weighted by Crippen LogP contribution is -2.54. The number of hydrogen-bond donors (Lipinski definition) is 3. The van der Waals surface area contributed by atoms with E-state index < -0.39 is 58.3 Å². The normalized spacial score (nSPS) is 34.1. The van der Waals surface area contributed by atoms with Crippen molar-refractivity contribution < 1.29 is 37.7 Å². The van der Waals surface area contributed by atoms with Crippen LogP contribution in [0.4, 0.5) is 18.9 Å². The van der Waals surface area contributed by atoms with Gasteiger partial charge in [-0.25, -0.2) is 0 Å². The molecule has 2 bridgehead atoms. The molecule has 0 spiro atoms. The van der Waals surface area contributed by atoms with E-state index in [9.17, 15) is 33.0 Å². The predicted octanol–water partition coefficient (Wildman–Crippen LogP) is 2.14. The average molecular weight is 398 g/mol. The minimum atomic E-state index is -4.80. The Labute approximate surface area is 157 Å². The van der Waals surface area contributed by atoms with Crippen LogP contribution in [-0.4, -0.2) is 39.4 Å². The van der Waals surface area contributed by atoms with Crippen molar-refractivity contribution in [3.8, 4) is 6.07 Å². The van der Waals surface area contributed by atoms with Crippen molar-refractivity contribution >= 4 is 17.6 Å². The van der Waals surface area contributed by atoms with E-state index in [0.29, 0.717) is 6.07 Å². The van der Waals surface area contributed by atoms with Gasteiger partial charge in [0.25, 0.3) is 0 Å². The second-order valence-electron chi connectivity index (χ2n) is 7.47. The number of aliphatic hydroxyl groups is 1. The van der Waals surface area contributed by atoms with Crippen molar-refractivity contribution in [2.45, 2.75) is 43.8 Å². The standard InChI is InChI=1S/C18H17F3N2O5/c1-16-6-11(24)17(2,28-16)13(15(26)27)12(16)14(25)23-9-4-3-8(7-22)10(5-9)18(19,20)21/h3-5,11-13,24H,6H2,1-2H3,(H,23,25)(H,26,27)/t11?,12?,13?,16?,17-/m1/s1. The lowest BCUT2D eigenvalue weighted by molar-refractivity contribution is -0.154. The number of aliphatic hydroxyl groups excluding tert-OH is 1. The molecule has 28 heavy (non-hydrogen) atoms. The minimum Gasteiger partial charge on any atom is -0.481 e. The van der Waals surface area contributed by atoms with Crippen molar-refractivity contribution in [2.24, 2.45) is 11.8 Å². The monoisotopic (exact) mass is 398 g/mol. The molecule has 0 radical (unpaired) electrons. The van der Waals surface area contributed by atoms with Gasteiger partial charge in [0.2, 0.25) is 5.91 Å². The molecule has 150 valence electrons. The lowest BCUT2D eigenvalue weighted by atomic mass is 9.66. The van der Waals surface area contributed by atoms with Crippen LogP contribution < -0.4 is 5.32 Å². The van der Waals surface area contributed by atoms with Gasteiger partial charge in [-0.15, -0.1) is 0 Å². The zero-order chi connectivity index (χ0) is 21.1. The third-order valence-corrected chi connectivity index (χ3v) is 5.58. The van der Waals surface area contributed by atoms with E-state index in [1.807, 2.05) is 0 Å². The van der Waals surface area contributed by atoms with Gasteiger partial charge < -0.3 is 20.3 Å². The molecule has 0 saturated carbocycles. The third kappa shape index (κ3) is 2.91. The maximum Gasteiger partial charge on any atom is 0.417 e. The number of carbonyl (C=O) groups excluding carboxylic acids is 1. The van der Waals surface area contributed by atoms with Crippen molar-refractivity contribution in [1.82, 2.24) is 0 Å². The quantitative estimate of drug-likeness (QED) is 0.718. The molecule has 3 rings (SSSR count). The van der Waals surface area contributed by atoms with E-state index in [4.69, 9.17) is 10.00 Å². The van der Waals surface area contributed by atoms with Crippen molar-refractivity contribution in [3.63, 3.8) is 0 Å². The Kier molecular flexibility index (Phi) is 4.44. The fourth-order valence-electron chi connectivity index (χ4n) is 4.33. The number of carboxylic acids is 1. The van der Waals surface area contributed by atoms with Crippen molar-refractivity contribution in [3.05, 3.63) is 29.3 Å². The summed E-state index contributed by atoms with van der Waals surface area (Å²) in [4.78, 5) is 24.6. The van der Waals surface area contributed by atoms with Gasteiger partial charge in [-0.05, 0) is 32.0 Å². The van der Waals surface area contributed by atoms with Gasteiger partial charge in [-0.3, -0.25) is 9.59 Å². The van der Waals surface area contributed by atoms with Crippen molar-refractivity contribution in [1.29, 1.82) is 5.26 Å². The largest absolute Gasteiger partial charge is 0.481 e. The Balaban J connectivity index is 1.94. The highest BCUT2D eigenvalue weighted by Crippen LogP contribution is 2.57. The second kappa shape index (κ2) is 6.18. The second-order valence-corrected chi connectivity index (χ2v) is 7.47. The molecule has 2 aliphatic rings. The first-order valence-corrected chi connectivity index (χ1v) is 8.37. The van der Waals surface area contributed by atoms with Crippen LogP contribution in [0, 0.1) is 23.2 Å². The number of nitrogens with zero attached hydrogens (tertiary/aromatic N) is 1. The van der Waals surface area contributed by atoms with E-state index >= 15 is 0 Å². The summed E-state index contributed by atoms with van der Waals surface area (Å²) in [6.45, 7) is 2.90. The fraction of sp³-hybridized carbons (Fsp3) is 0.500. The number of anilines is 1. The molecule has 1 aromatic carbocycles. The number of fused-ring (bicyclic) bond motifs is 2. The molecule has 0 aromatic heterocycles. The zero-order valence-corrected chi connectivity index (χ0v) is 14.9. The van der Waals surface area contributed by atoms with E-state index in [2.05, 4.69) is 5.32 Å². The number of nitriles is 1. The fourth-order valence-corrected chi connectivity index (χ4v) is 4.33. The Morgan fingerprint density at radius 2 is 1.96 bits per heavy atom. The molecule has 1 amide bonds. The summed E-state index contributed by atoms with van der Waals surface area (Å²) < 4.78 is 45.0. The molecule has 2 fully saturated rings. The van der Waals surface area contributed by atoms with Gasteiger partial charge in [-0.2, -0.15) is 18.4 Å². The smallest absolute Gasteiger partial charge is 0.417 e. The number of rotatable bonds is 3. The number of ether oxygens (including phenoxy) is 1. The summed E-state index contributed by atoms with van der Waals surface area (Å²) in [5.41, 5.74) is -4.79. The molecule has 3 N–H and O–H groups in total. The highest BCUT2D eigenvalue weighted by atomic mass is 19.4. The summed E-state index contributed by atoms with van der Waals surface area (Å²) in [7, 11) is 0. The summed E-state index contributed by atoms with van der Waals surface area (Å²) in [5.74, 6) is -4.77. The molecule has 2 saturated heterocycles. The Hall–Kier alpha value is -2.64. The Morgan fingerprint density at radius 1 is 1.32 bits per heavy atom. The molecule has 0 aliphatic carbocycles. The van der Waals surface area contributed by atoms with Crippen LogP contribution in [-0.2, 0) is 20.5 Å². The molecular formula is C18H17F3N2O5. The molecule has 4 unspecified atom stereocenters. The molecule has 10 heteroatoms. The van der Waals surface area contributed by atoms with Crippen LogP contribution in [0.15, 0.2) is 18.2 Å². The van der Waals surface area contributed by atoms with Gasteiger partial charge in [-0.1, -0.05) is 0 Å². The number of benzene rings is 1. The number of alkyl halides is 3. The van der Waals surface area contributed by atoms with Crippen LogP contribution in [0.5, 0.6) is 0 Å². The van der Waals surface area contributed by atoms with E-state index in [-0.39, 0.29) is 12.1 Å². The zero-order valence-electron chi connectivity index (χ0n) is 14.9. The van der Waals surface area contributed by atoms with E-state index in [1.54, 1.807) is 0 Å². The lowest BCUT2D eigenvalue weighted by Gasteiger charge is -2.35. The van der Waals surface area contributed by atoms with Gasteiger partial charge in [0, 0.05) is 12.1 Å². The van der Waals surface area contributed by atoms with Crippen molar-refractivity contribution in [2.75, 3.05) is 5.32 Å². The number of amides is 1. The Morgan fingerprint density at radius 3 is 2.50 bits per heavy atom. The highest BCUT2D eigenvalue weighted by molar-refractivity contribution is 5.97. The summed E-state index contributed by atoms with van der Waals surface area (Å²) in [5, 5.41) is 30.9. The maximum atomic E-state index is 13.1. The molecule has 2 aliphatic heterocycles. The Bertz CT molecular complexity index is 896. The topological polar surface area (TPSA) is 120 Å². The predicted molar refractivity (Wildman–Crippen MR) is 87.9 cm³/mol. The van der Waals surface area contributed by atoms with Gasteiger partial charge >= 0.3 is 12.1 Å². The molecule has 2 heterocycles. The van der Waals surface area contributed by atoms with Crippen LogP contribution >= 0.6 is 0 Å². The van der Waals surface area contributed by atoms with Gasteiger partial charge in [0.1, 0.15) is 11.5 Å². The van der Waals surface area contributed by atoms with Crippen LogP contribution in [0.2, 0.25) is 0 Å². The first kappa shape index (κ1) is 20.1. The summed E-state index contributed by atoms with van der Waals surface area (Å²) in [6, 6.07) is 4.12. The first-order chi connectivity index (χ1) is 12.8. The number of carbonyl (C=O) groups is 2. The SMILES string of the molecule is CC12CC(O)[C@@](C)(O1)C(C(=O)O)C2C(=O)Nc1ccc(C#N)c(C(F)(F)F)c1. The third-order valence-electron chi connectivity index (χ3n) is 5.58. The van der Waals surface area contributed by atoms with E-state index in [1.165, 1.54) is 19.9 Å². The number of hydrogen-bond acceptors (Lipinski definition) is 5. The molecule has 7 nitrogen and oxygen atoms in total. The summed E-state index contributed by atoms with van der Waals surface area (Å²) >= 11 is 0. The number of halogens is 3. The van der Waals surface area contributed by atoms with Gasteiger partial charge in [0.05, 0.1) is 34.8 Å². The maximum absolute atomic E-state index is 13.1. The number of nitrogens with one attached hydrogen (secondary N) is 1. The minimum absolute atomic E-state index is 0.0204. The number of carboxylic acid groups (broad SMARTS) is 1. The van der Waals surface area contributed by atoms with Crippen LogP contribution in [0.1, 0.15) is 31.4 Å². The van der Waals surface area contributed by atoms with Crippen LogP contribution in [0.25, 0.3) is 0 Å².